The van der Waals surface area contributed by atoms with E-state index in [9.17, 15) is 4.79 Å². The van der Waals surface area contributed by atoms with Gasteiger partial charge in [0.1, 0.15) is 0 Å². The molecule has 0 radical (unpaired) electrons. The minimum atomic E-state index is -0.397. The lowest BCUT2D eigenvalue weighted by Gasteiger charge is -2.07. The predicted molar refractivity (Wildman–Crippen MR) is 64.5 cm³/mol. The van der Waals surface area contributed by atoms with E-state index in [0.717, 1.165) is 10.0 Å². The number of hydrogen-bond donors (Lipinski definition) is 1. The molecular formula is C10H8Br2N2O. The van der Waals surface area contributed by atoms with Gasteiger partial charge in [-0.25, -0.2) is 0 Å². The van der Waals surface area contributed by atoms with Gasteiger partial charge in [-0.3, -0.25) is 4.79 Å². The van der Waals surface area contributed by atoms with Crippen LogP contribution in [0.15, 0.2) is 22.7 Å². The molecular weight excluding hydrogens is 324 g/mol. The molecule has 0 saturated heterocycles. The number of amides is 1. The van der Waals surface area contributed by atoms with Gasteiger partial charge in [-0.05, 0) is 24.1 Å². The molecule has 0 saturated carbocycles. The first-order valence-electron chi connectivity index (χ1n) is 4.16. The van der Waals surface area contributed by atoms with Crippen molar-refractivity contribution in [1.29, 1.82) is 5.26 Å². The van der Waals surface area contributed by atoms with Crippen LogP contribution in [-0.4, -0.2) is 10.7 Å². The van der Waals surface area contributed by atoms with Crippen molar-refractivity contribution in [2.75, 3.05) is 0 Å². The van der Waals surface area contributed by atoms with Gasteiger partial charge in [0, 0.05) is 4.47 Å². The Balaban J connectivity index is 2.88. The molecule has 0 spiro atoms. The molecule has 0 aliphatic rings. The molecule has 2 N–H and O–H groups in total. The standard InChI is InChI=1S/C10H8Br2N2O/c11-8-3-6(5-13)1-2-7(8)4-9(12)10(14)15/h1-3,9H,4H2,(H2,14,15). The third-order valence-corrected chi connectivity index (χ3v) is 3.40. The number of hydrogen-bond acceptors (Lipinski definition) is 2. The molecule has 1 aromatic carbocycles. The first kappa shape index (κ1) is 12.2. The second kappa shape index (κ2) is 5.29. The van der Waals surface area contributed by atoms with Crippen LogP contribution in [0, 0.1) is 11.3 Å². The third-order valence-electron chi connectivity index (χ3n) is 1.89. The summed E-state index contributed by atoms with van der Waals surface area (Å²) in [5.41, 5.74) is 6.66. The van der Waals surface area contributed by atoms with Crippen LogP contribution in [0.5, 0.6) is 0 Å². The molecule has 1 unspecified atom stereocenters. The number of nitriles is 1. The molecule has 15 heavy (non-hydrogen) atoms. The Kier molecular flexibility index (Phi) is 4.30. The summed E-state index contributed by atoms with van der Waals surface area (Å²) in [5, 5.41) is 8.67. The van der Waals surface area contributed by atoms with E-state index in [1.54, 1.807) is 18.2 Å². The number of carbonyl (C=O) groups is 1. The average Bonchev–Trinajstić information content (AvgIpc) is 2.20. The van der Waals surface area contributed by atoms with Gasteiger partial charge in [-0.15, -0.1) is 0 Å². The topological polar surface area (TPSA) is 66.9 Å². The van der Waals surface area contributed by atoms with E-state index in [0.29, 0.717) is 12.0 Å². The van der Waals surface area contributed by atoms with Gasteiger partial charge >= 0.3 is 0 Å². The molecule has 0 heterocycles. The lowest BCUT2D eigenvalue weighted by Crippen LogP contribution is -2.25. The Bertz CT molecular complexity index is 426. The maximum Gasteiger partial charge on any atom is 0.231 e. The fourth-order valence-electron chi connectivity index (χ4n) is 1.08. The van der Waals surface area contributed by atoms with Crippen LogP contribution in [0.3, 0.4) is 0 Å². The Morgan fingerprint density at radius 2 is 2.27 bits per heavy atom. The Hall–Kier alpha value is -0.860. The Labute approximate surface area is 105 Å². The smallest absolute Gasteiger partial charge is 0.231 e. The summed E-state index contributed by atoms with van der Waals surface area (Å²) in [5.74, 6) is -0.397. The maximum atomic E-state index is 10.8. The van der Waals surface area contributed by atoms with Gasteiger partial charge in [0.05, 0.1) is 16.5 Å². The van der Waals surface area contributed by atoms with Crippen LogP contribution in [0.1, 0.15) is 11.1 Å². The zero-order valence-electron chi connectivity index (χ0n) is 7.71. The molecule has 1 amide bonds. The highest BCUT2D eigenvalue weighted by atomic mass is 79.9. The van der Waals surface area contributed by atoms with Gasteiger partial charge in [-0.2, -0.15) is 5.26 Å². The molecule has 0 bridgehead atoms. The molecule has 1 atom stereocenters. The number of nitrogens with two attached hydrogens (primary N) is 1. The molecule has 0 aromatic heterocycles. The fraction of sp³-hybridized carbons (Fsp3) is 0.200. The number of carbonyl (C=O) groups excluding carboxylic acids is 1. The zero-order valence-corrected chi connectivity index (χ0v) is 10.9. The molecule has 78 valence electrons. The summed E-state index contributed by atoms with van der Waals surface area (Å²) in [4.78, 5) is 10.5. The van der Waals surface area contributed by atoms with Gasteiger partial charge in [-0.1, -0.05) is 37.9 Å². The van der Waals surface area contributed by atoms with Crippen molar-refractivity contribution in [3.63, 3.8) is 0 Å². The van der Waals surface area contributed by atoms with Gasteiger partial charge in [0.25, 0.3) is 0 Å². The van der Waals surface area contributed by atoms with Crippen molar-refractivity contribution >= 4 is 37.8 Å². The summed E-state index contributed by atoms with van der Waals surface area (Å²) in [7, 11) is 0. The number of benzene rings is 1. The normalized spacial score (nSPS) is 11.8. The van der Waals surface area contributed by atoms with E-state index >= 15 is 0 Å². The molecule has 1 aromatic rings. The highest BCUT2D eigenvalue weighted by Crippen LogP contribution is 2.21. The summed E-state index contributed by atoms with van der Waals surface area (Å²) >= 11 is 6.53. The number of halogens is 2. The minimum Gasteiger partial charge on any atom is -0.369 e. The SMILES string of the molecule is N#Cc1ccc(CC(Br)C(N)=O)c(Br)c1. The lowest BCUT2D eigenvalue weighted by molar-refractivity contribution is -0.117. The highest BCUT2D eigenvalue weighted by molar-refractivity contribution is 9.10. The molecule has 5 heteroatoms. The molecule has 3 nitrogen and oxygen atoms in total. The van der Waals surface area contributed by atoms with Crippen LogP contribution < -0.4 is 5.73 Å². The van der Waals surface area contributed by atoms with Crippen molar-refractivity contribution in [3.8, 4) is 6.07 Å². The van der Waals surface area contributed by atoms with E-state index in [4.69, 9.17) is 11.0 Å². The molecule has 0 aliphatic heterocycles. The van der Waals surface area contributed by atoms with Crippen molar-refractivity contribution in [3.05, 3.63) is 33.8 Å². The Morgan fingerprint density at radius 1 is 1.60 bits per heavy atom. The third kappa shape index (κ3) is 3.33. The zero-order chi connectivity index (χ0) is 11.4. The van der Waals surface area contributed by atoms with E-state index in [1.807, 2.05) is 6.07 Å². The number of alkyl halides is 1. The predicted octanol–water partition coefficient (Wildman–Crippen LogP) is 2.11. The van der Waals surface area contributed by atoms with Crippen molar-refractivity contribution in [2.24, 2.45) is 5.73 Å². The van der Waals surface area contributed by atoms with Crippen LogP contribution in [0.2, 0.25) is 0 Å². The highest BCUT2D eigenvalue weighted by Gasteiger charge is 2.13. The van der Waals surface area contributed by atoms with E-state index < -0.39 is 5.91 Å². The lowest BCUT2D eigenvalue weighted by atomic mass is 10.1. The summed E-state index contributed by atoms with van der Waals surface area (Å²) in [6.45, 7) is 0. The molecule has 0 fully saturated rings. The van der Waals surface area contributed by atoms with E-state index in [1.165, 1.54) is 0 Å². The number of nitrogens with zero attached hydrogens (tertiary/aromatic N) is 1. The largest absolute Gasteiger partial charge is 0.369 e. The van der Waals surface area contributed by atoms with E-state index in [-0.39, 0.29) is 4.83 Å². The van der Waals surface area contributed by atoms with Crippen molar-refractivity contribution in [1.82, 2.24) is 0 Å². The van der Waals surface area contributed by atoms with Gasteiger partial charge < -0.3 is 5.73 Å². The van der Waals surface area contributed by atoms with Crippen LogP contribution in [0.4, 0.5) is 0 Å². The minimum absolute atomic E-state index is 0.387. The van der Waals surface area contributed by atoms with Gasteiger partial charge in [0.2, 0.25) is 5.91 Å². The number of rotatable bonds is 3. The maximum absolute atomic E-state index is 10.8. The summed E-state index contributed by atoms with van der Waals surface area (Å²) in [6.07, 6.45) is 0.502. The average molecular weight is 332 g/mol. The number of primary amides is 1. The van der Waals surface area contributed by atoms with Crippen molar-refractivity contribution in [2.45, 2.75) is 11.2 Å². The van der Waals surface area contributed by atoms with Gasteiger partial charge in [0.15, 0.2) is 0 Å². The van der Waals surface area contributed by atoms with Crippen LogP contribution >= 0.6 is 31.9 Å². The van der Waals surface area contributed by atoms with E-state index in [2.05, 4.69) is 31.9 Å². The molecule has 0 aliphatic carbocycles. The molecule has 1 rings (SSSR count). The second-order valence-electron chi connectivity index (χ2n) is 2.99. The quantitative estimate of drug-likeness (QED) is 0.862. The summed E-state index contributed by atoms with van der Waals surface area (Å²) in [6, 6.07) is 7.27. The van der Waals surface area contributed by atoms with Crippen LogP contribution in [0.25, 0.3) is 0 Å². The van der Waals surface area contributed by atoms with Crippen LogP contribution in [-0.2, 0) is 11.2 Å². The monoisotopic (exact) mass is 330 g/mol. The Morgan fingerprint density at radius 3 is 2.73 bits per heavy atom. The second-order valence-corrected chi connectivity index (χ2v) is 4.95. The first-order chi connectivity index (χ1) is 7.04. The van der Waals surface area contributed by atoms with Crippen molar-refractivity contribution < 1.29 is 4.79 Å². The first-order valence-corrected chi connectivity index (χ1v) is 5.87. The summed E-state index contributed by atoms with van der Waals surface area (Å²) < 4.78 is 0.812. The fourth-order valence-corrected chi connectivity index (χ4v) is 1.97.